The molecule has 1 saturated heterocycles. The number of nitro groups is 1. The van der Waals surface area contributed by atoms with Crippen molar-refractivity contribution < 1.29 is 19.6 Å². The van der Waals surface area contributed by atoms with E-state index < -0.39 is 11.0 Å². The molecule has 2 atom stereocenters. The van der Waals surface area contributed by atoms with Crippen LogP contribution in [0, 0.1) is 10.1 Å². The molecule has 1 aromatic rings. The Morgan fingerprint density at radius 3 is 2.76 bits per heavy atom. The molecule has 1 fully saturated rings. The van der Waals surface area contributed by atoms with Crippen molar-refractivity contribution in [1.82, 2.24) is 10.2 Å². The van der Waals surface area contributed by atoms with Crippen LogP contribution < -0.4 is 10.1 Å². The number of nitrogens with zero attached hydrogens (tertiary/aromatic N) is 2. The van der Waals surface area contributed by atoms with Crippen molar-refractivity contribution >= 4 is 11.6 Å². The molecule has 21 heavy (non-hydrogen) atoms. The van der Waals surface area contributed by atoms with Crippen LogP contribution in [-0.4, -0.2) is 60.2 Å². The minimum absolute atomic E-state index is 0.0318. The summed E-state index contributed by atoms with van der Waals surface area (Å²) in [7, 11) is 2.90. The first-order chi connectivity index (χ1) is 9.95. The monoisotopic (exact) mass is 295 g/mol. The molecule has 2 N–H and O–H groups in total. The Morgan fingerprint density at radius 2 is 2.24 bits per heavy atom. The molecule has 2 rings (SSSR count). The molecule has 1 amide bonds. The molecule has 0 aliphatic carbocycles. The third-order valence-corrected chi connectivity index (χ3v) is 3.59. The van der Waals surface area contributed by atoms with Gasteiger partial charge in [-0.15, -0.1) is 0 Å². The molecule has 1 aromatic carbocycles. The van der Waals surface area contributed by atoms with Crippen LogP contribution in [0.1, 0.15) is 10.4 Å². The zero-order valence-electron chi connectivity index (χ0n) is 11.8. The Kier molecular flexibility index (Phi) is 4.39. The number of aliphatic hydroxyl groups is 1. The highest BCUT2D eigenvalue weighted by atomic mass is 16.6. The van der Waals surface area contributed by atoms with Gasteiger partial charge in [0.05, 0.1) is 24.2 Å². The fourth-order valence-corrected chi connectivity index (χ4v) is 2.36. The van der Waals surface area contributed by atoms with Crippen LogP contribution in [0.25, 0.3) is 0 Å². The molecule has 0 spiro atoms. The van der Waals surface area contributed by atoms with E-state index in [1.54, 1.807) is 7.05 Å². The Balaban J connectivity index is 2.25. The second-order valence-corrected chi connectivity index (χ2v) is 4.85. The molecule has 0 unspecified atom stereocenters. The highest BCUT2D eigenvalue weighted by molar-refractivity contribution is 5.95. The number of ether oxygens (including phenoxy) is 1. The van der Waals surface area contributed by atoms with Gasteiger partial charge in [0, 0.05) is 37.8 Å². The number of nitrogens with one attached hydrogen (secondary N) is 1. The second-order valence-electron chi connectivity index (χ2n) is 4.85. The summed E-state index contributed by atoms with van der Waals surface area (Å²) in [6, 6.07) is 3.64. The molecule has 1 aliphatic rings. The number of hydrogen-bond donors (Lipinski definition) is 2. The Bertz CT molecular complexity index is 563. The van der Waals surface area contributed by atoms with Gasteiger partial charge in [0.1, 0.15) is 0 Å². The van der Waals surface area contributed by atoms with E-state index in [4.69, 9.17) is 4.74 Å². The summed E-state index contributed by atoms with van der Waals surface area (Å²) in [5.41, 5.74) is 0.0818. The molecule has 0 bridgehead atoms. The molecule has 0 radical (unpaired) electrons. The second kappa shape index (κ2) is 6.06. The van der Waals surface area contributed by atoms with E-state index in [1.165, 1.54) is 30.2 Å². The summed E-state index contributed by atoms with van der Waals surface area (Å²) in [6.07, 6.45) is -0.626. The lowest BCUT2D eigenvalue weighted by molar-refractivity contribution is -0.385. The lowest BCUT2D eigenvalue weighted by Crippen LogP contribution is -2.44. The largest absolute Gasteiger partial charge is 0.490 e. The fourth-order valence-electron chi connectivity index (χ4n) is 2.36. The van der Waals surface area contributed by atoms with E-state index >= 15 is 0 Å². The topological polar surface area (TPSA) is 105 Å². The zero-order chi connectivity index (χ0) is 15.6. The molecule has 0 saturated carbocycles. The van der Waals surface area contributed by atoms with Crippen LogP contribution >= 0.6 is 0 Å². The van der Waals surface area contributed by atoms with E-state index in [1.807, 2.05) is 0 Å². The predicted molar refractivity (Wildman–Crippen MR) is 74.4 cm³/mol. The Morgan fingerprint density at radius 1 is 1.52 bits per heavy atom. The van der Waals surface area contributed by atoms with Crippen molar-refractivity contribution in [2.45, 2.75) is 12.1 Å². The maximum atomic E-state index is 12.4. The normalized spacial score (nSPS) is 21.1. The number of nitro benzene ring substituents is 1. The molecular weight excluding hydrogens is 278 g/mol. The number of likely N-dealkylation sites (N-methyl/N-ethyl adjacent to an activating group) is 1. The maximum Gasteiger partial charge on any atom is 0.310 e. The highest BCUT2D eigenvalue weighted by Crippen LogP contribution is 2.28. The number of benzene rings is 1. The van der Waals surface area contributed by atoms with E-state index in [0.717, 1.165) is 0 Å². The third kappa shape index (κ3) is 2.96. The van der Waals surface area contributed by atoms with Gasteiger partial charge >= 0.3 is 5.69 Å². The van der Waals surface area contributed by atoms with Gasteiger partial charge in [-0.3, -0.25) is 14.9 Å². The van der Waals surface area contributed by atoms with Crippen molar-refractivity contribution in [3.63, 3.8) is 0 Å². The van der Waals surface area contributed by atoms with Crippen LogP contribution in [0.4, 0.5) is 5.69 Å². The molecular formula is C13H17N3O5. The van der Waals surface area contributed by atoms with E-state index in [-0.39, 0.29) is 28.9 Å². The summed E-state index contributed by atoms with van der Waals surface area (Å²) < 4.78 is 4.95. The van der Waals surface area contributed by atoms with Crippen LogP contribution in [0.15, 0.2) is 18.2 Å². The van der Waals surface area contributed by atoms with Crippen molar-refractivity contribution in [3.05, 3.63) is 33.9 Å². The summed E-state index contributed by atoms with van der Waals surface area (Å²) in [6.45, 7) is 0.944. The minimum atomic E-state index is -0.626. The molecule has 8 nitrogen and oxygen atoms in total. The first kappa shape index (κ1) is 15.2. The van der Waals surface area contributed by atoms with Gasteiger partial charge < -0.3 is 20.1 Å². The van der Waals surface area contributed by atoms with Gasteiger partial charge in [-0.2, -0.15) is 0 Å². The quantitative estimate of drug-likeness (QED) is 0.599. The SMILES string of the molecule is COc1cc(C(=O)N(C)[C@@H]2CNC[C@H]2O)ccc1[N+](=O)[O-]. The summed E-state index contributed by atoms with van der Waals surface area (Å²) >= 11 is 0. The average molecular weight is 295 g/mol. The number of rotatable bonds is 4. The van der Waals surface area contributed by atoms with E-state index in [9.17, 15) is 20.0 Å². The lowest BCUT2D eigenvalue weighted by Gasteiger charge is -2.26. The zero-order valence-corrected chi connectivity index (χ0v) is 11.8. The Hall–Kier alpha value is -2.19. The van der Waals surface area contributed by atoms with Gasteiger partial charge in [0.15, 0.2) is 5.75 Å². The van der Waals surface area contributed by atoms with Crippen LogP contribution in [0.3, 0.4) is 0 Å². The maximum absolute atomic E-state index is 12.4. The number of carbonyl (C=O) groups is 1. The van der Waals surface area contributed by atoms with Crippen LogP contribution in [0.5, 0.6) is 5.75 Å². The first-order valence-electron chi connectivity index (χ1n) is 6.44. The number of β-amino-alcohol motifs (C(OH)–C–C–N with tert-alkyl or cyclic N) is 1. The number of amides is 1. The van der Waals surface area contributed by atoms with Gasteiger partial charge in [-0.1, -0.05) is 0 Å². The predicted octanol–water partition coefficient (Wildman–Crippen LogP) is 0.00810. The van der Waals surface area contributed by atoms with E-state index in [0.29, 0.717) is 13.1 Å². The first-order valence-corrected chi connectivity index (χ1v) is 6.44. The van der Waals surface area contributed by atoms with Gasteiger partial charge in [-0.25, -0.2) is 0 Å². The molecule has 8 heteroatoms. The molecule has 114 valence electrons. The number of hydrogen-bond acceptors (Lipinski definition) is 6. The smallest absolute Gasteiger partial charge is 0.310 e. The third-order valence-electron chi connectivity index (χ3n) is 3.59. The fraction of sp³-hybridized carbons (Fsp3) is 0.462. The number of carbonyl (C=O) groups excluding carboxylic acids is 1. The molecule has 1 aliphatic heterocycles. The van der Waals surface area contributed by atoms with Crippen molar-refractivity contribution in [2.75, 3.05) is 27.2 Å². The van der Waals surface area contributed by atoms with Crippen molar-refractivity contribution in [2.24, 2.45) is 0 Å². The number of aliphatic hydroxyl groups excluding tert-OH is 1. The van der Waals surface area contributed by atoms with Gasteiger partial charge in [0.25, 0.3) is 5.91 Å². The highest BCUT2D eigenvalue weighted by Gasteiger charge is 2.32. The van der Waals surface area contributed by atoms with Gasteiger partial charge in [-0.05, 0) is 6.07 Å². The van der Waals surface area contributed by atoms with E-state index in [2.05, 4.69) is 5.32 Å². The van der Waals surface area contributed by atoms with Crippen molar-refractivity contribution in [3.8, 4) is 5.75 Å². The standard InChI is InChI=1S/C13H17N3O5/c1-15(10-6-14-7-11(10)17)13(18)8-3-4-9(16(19)20)12(5-8)21-2/h3-5,10-11,14,17H,6-7H2,1-2H3/t10-,11-/m1/s1. The average Bonchev–Trinajstić information content (AvgIpc) is 2.90. The number of methoxy groups -OCH3 is 1. The molecule has 0 aromatic heterocycles. The lowest BCUT2D eigenvalue weighted by atomic mass is 10.1. The van der Waals surface area contributed by atoms with Gasteiger partial charge in [0.2, 0.25) is 0 Å². The summed E-state index contributed by atoms with van der Waals surface area (Å²) in [5.74, 6) is -0.291. The summed E-state index contributed by atoms with van der Waals surface area (Å²) in [4.78, 5) is 24.1. The van der Waals surface area contributed by atoms with Crippen molar-refractivity contribution in [1.29, 1.82) is 0 Å². The Labute approximate surface area is 121 Å². The minimum Gasteiger partial charge on any atom is -0.490 e. The molecule has 1 heterocycles. The van der Waals surface area contributed by atoms with Crippen LogP contribution in [0.2, 0.25) is 0 Å². The summed E-state index contributed by atoms with van der Waals surface area (Å²) in [5, 5.41) is 23.6. The van der Waals surface area contributed by atoms with Crippen LogP contribution in [-0.2, 0) is 0 Å².